The number of aromatic nitrogens is 2. The number of rotatable bonds is 3. The molecule has 108 valence electrons. The monoisotopic (exact) mass is 274 g/mol. The van der Waals surface area contributed by atoms with Gasteiger partial charge in [0.05, 0.1) is 6.20 Å². The zero-order chi connectivity index (χ0) is 13.6. The molecule has 1 aromatic heterocycles. The van der Waals surface area contributed by atoms with Gasteiger partial charge in [0, 0.05) is 23.8 Å². The molecule has 20 heavy (non-hydrogen) atoms. The third-order valence-corrected chi connectivity index (χ3v) is 5.42. The highest BCUT2D eigenvalue weighted by Gasteiger charge is 2.51. The molecule has 5 nitrogen and oxygen atoms in total. The summed E-state index contributed by atoms with van der Waals surface area (Å²) in [4.78, 5) is 12.2. The molecule has 5 heteroatoms. The molecule has 3 N–H and O–H groups in total. The lowest BCUT2D eigenvalue weighted by molar-refractivity contribution is -0.0135. The van der Waals surface area contributed by atoms with E-state index >= 15 is 0 Å². The smallest absolute Gasteiger partial charge is 0.315 e. The molecule has 0 atom stereocenters. The van der Waals surface area contributed by atoms with E-state index in [9.17, 15) is 4.79 Å². The van der Waals surface area contributed by atoms with Gasteiger partial charge in [-0.1, -0.05) is 0 Å². The number of nitrogens with one attached hydrogen (secondary N) is 3. The molecule has 0 saturated heterocycles. The lowest BCUT2D eigenvalue weighted by atomic mass is 9.53. The number of aromatic amines is 1. The summed E-state index contributed by atoms with van der Waals surface area (Å²) < 4.78 is 0. The Morgan fingerprint density at radius 2 is 1.90 bits per heavy atom. The van der Waals surface area contributed by atoms with E-state index in [2.05, 4.69) is 20.8 Å². The summed E-state index contributed by atoms with van der Waals surface area (Å²) >= 11 is 0. The maximum atomic E-state index is 12.2. The zero-order valence-electron chi connectivity index (χ0n) is 11.7. The minimum absolute atomic E-state index is 0.0202. The normalized spacial score (nSPS) is 37.9. The quantitative estimate of drug-likeness (QED) is 0.790. The van der Waals surface area contributed by atoms with E-state index in [-0.39, 0.29) is 11.6 Å². The highest BCUT2D eigenvalue weighted by atomic mass is 16.2. The third kappa shape index (κ3) is 2.19. The summed E-state index contributed by atoms with van der Waals surface area (Å²) in [6, 6.07) is -0.0202. The van der Waals surface area contributed by atoms with Gasteiger partial charge in [-0.25, -0.2) is 4.79 Å². The Bertz CT molecular complexity index is 461. The minimum atomic E-state index is -0.0202. The molecular formula is C15H22N4O. The topological polar surface area (TPSA) is 69.8 Å². The average Bonchev–Trinajstić information content (AvgIpc) is 2.87. The van der Waals surface area contributed by atoms with E-state index < -0.39 is 0 Å². The van der Waals surface area contributed by atoms with E-state index in [4.69, 9.17) is 0 Å². The number of H-pyrrole nitrogens is 1. The summed E-state index contributed by atoms with van der Waals surface area (Å²) in [6.07, 6.45) is 11.3. The molecule has 4 aliphatic carbocycles. The lowest BCUT2D eigenvalue weighted by Gasteiger charge is -2.56. The number of carbonyl (C=O) groups excluding carboxylic acids is 1. The Labute approximate surface area is 118 Å². The fourth-order valence-electron chi connectivity index (χ4n) is 5.11. The molecule has 4 bridgehead atoms. The predicted molar refractivity (Wildman–Crippen MR) is 74.9 cm³/mol. The summed E-state index contributed by atoms with van der Waals surface area (Å²) in [5.74, 6) is 2.57. The number of hydrogen-bond donors (Lipinski definition) is 3. The second kappa shape index (κ2) is 4.50. The first-order valence-corrected chi connectivity index (χ1v) is 7.74. The van der Waals surface area contributed by atoms with Crippen molar-refractivity contribution in [1.29, 1.82) is 0 Å². The van der Waals surface area contributed by atoms with Gasteiger partial charge < -0.3 is 10.6 Å². The van der Waals surface area contributed by atoms with Crippen molar-refractivity contribution < 1.29 is 4.79 Å². The van der Waals surface area contributed by atoms with Crippen molar-refractivity contribution in [1.82, 2.24) is 20.8 Å². The first kappa shape index (κ1) is 12.2. The Morgan fingerprint density at radius 1 is 1.25 bits per heavy atom. The van der Waals surface area contributed by atoms with Crippen LogP contribution in [0.5, 0.6) is 0 Å². The van der Waals surface area contributed by atoms with Crippen LogP contribution in [0.25, 0.3) is 0 Å². The standard InChI is InChI=1S/C15H22N4O/c20-14(16-7-13-8-17-18-9-13)19-15-4-10-1-11(5-15)3-12(2-10)6-15/h8-12H,1-7H2,(H,17,18)(H2,16,19,20). The Balaban J connectivity index is 1.37. The van der Waals surface area contributed by atoms with Crippen LogP contribution < -0.4 is 10.6 Å². The molecule has 5 rings (SSSR count). The highest BCUT2D eigenvalue weighted by molar-refractivity contribution is 5.74. The van der Waals surface area contributed by atoms with Gasteiger partial charge in [-0.3, -0.25) is 5.10 Å². The summed E-state index contributed by atoms with van der Waals surface area (Å²) in [5, 5.41) is 12.9. The predicted octanol–water partition coefficient (Wildman–Crippen LogP) is 2.18. The molecule has 0 radical (unpaired) electrons. The van der Waals surface area contributed by atoms with Crippen LogP contribution >= 0.6 is 0 Å². The summed E-state index contributed by atoms with van der Waals surface area (Å²) in [7, 11) is 0. The Morgan fingerprint density at radius 3 is 2.45 bits per heavy atom. The lowest BCUT2D eigenvalue weighted by Crippen LogP contribution is -2.61. The van der Waals surface area contributed by atoms with Crippen LogP contribution in [0.4, 0.5) is 4.79 Å². The van der Waals surface area contributed by atoms with E-state index in [1.165, 1.54) is 38.5 Å². The van der Waals surface area contributed by atoms with E-state index in [1.54, 1.807) is 6.20 Å². The Hall–Kier alpha value is -1.52. The first-order chi connectivity index (χ1) is 9.71. The number of urea groups is 1. The van der Waals surface area contributed by atoms with Gasteiger partial charge >= 0.3 is 6.03 Å². The van der Waals surface area contributed by atoms with Crippen molar-refractivity contribution >= 4 is 6.03 Å². The van der Waals surface area contributed by atoms with Crippen molar-refractivity contribution in [3.05, 3.63) is 18.0 Å². The Kier molecular flexibility index (Phi) is 2.75. The first-order valence-electron chi connectivity index (χ1n) is 7.74. The van der Waals surface area contributed by atoms with Gasteiger partial charge in [0.25, 0.3) is 0 Å². The molecule has 4 saturated carbocycles. The molecule has 0 aliphatic heterocycles. The second-order valence-corrected chi connectivity index (χ2v) is 7.11. The largest absolute Gasteiger partial charge is 0.334 e. The average molecular weight is 274 g/mol. The van der Waals surface area contributed by atoms with Crippen LogP contribution in [-0.2, 0) is 6.54 Å². The SMILES string of the molecule is O=C(NCc1cn[nH]c1)NC12CC3CC(CC(C3)C1)C2. The third-order valence-electron chi connectivity index (χ3n) is 5.42. The fraction of sp³-hybridized carbons (Fsp3) is 0.733. The molecule has 1 aromatic rings. The fourth-order valence-corrected chi connectivity index (χ4v) is 5.11. The molecule has 0 unspecified atom stereocenters. The van der Waals surface area contributed by atoms with Crippen molar-refractivity contribution in [3.63, 3.8) is 0 Å². The molecule has 0 spiro atoms. The molecular weight excluding hydrogens is 252 g/mol. The van der Waals surface area contributed by atoms with Crippen molar-refractivity contribution in [2.75, 3.05) is 0 Å². The van der Waals surface area contributed by atoms with Crippen LogP contribution in [-0.4, -0.2) is 21.8 Å². The van der Waals surface area contributed by atoms with E-state index in [1.807, 2.05) is 6.20 Å². The molecule has 4 fully saturated rings. The van der Waals surface area contributed by atoms with Crippen LogP contribution in [0.15, 0.2) is 12.4 Å². The van der Waals surface area contributed by atoms with Gasteiger partial charge in [-0.2, -0.15) is 5.10 Å². The summed E-state index contributed by atoms with van der Waals surface area (Å²) in [6.45, 7) is 0.536. The van der Waals surface area contributed by atoms with Crippen LogP contribution in [0.3, 0.4) is 0 Å². The van der Waals surface area contributed by atoms with Crippen molar-refractivity contribution in [2.24, 2.45) is 17.8 Å². The van der Waals surface area contributed by atoms with Gasteiger partial charge in [0.2, 0.25) is 0 Å². The van der Waals surface area contributed by atoms with Gasteiger partial charge in [-0.05, 0) is 56.3 Å². The van der Waals surface area contributed by atoms with Crippen LogP contribution in [0.2, 0.25) is 0 Å². The number of hydrogen-bond acceptors (Lipinski definition) is 2. The maximum Gasteiger partial charge on any atom is 0.315 e. The highest BCUT2D eigenvalue weighted by Crippen LogP contribution is 2.55. The molecule has 0 aromatic carbocycles. The van der Waals surface area contributed by atoms with Gasteiger partial charge in [-0.15, -0.1) is 0 Å². The van der Waals surface area contributed by atoms with Crippen LogP contribution in [0, 0.1) is 17.8 Å². The van der Waals surface area contributed by atoms with Crippen LogP contribution in [0.1, 0.15) is 44.1 Å². The molecule has 2 amide bonds. The number of nitrogens with zero attached hydrogens (tertiary/aromatic N) is 1. The summed E-state index contributed by atoms with van der Waals surface area (Å²) in [5.41, 5.74) is 1.10. The molecule has 1 heterocycles. The molecule has 4 aliphatic rings. The number of amides is 2. The maximum absolute atomic E-state index is 12.2. The van der Waals surface area contributed by atoms with Crippen molar-refractivity contribution in [3.8, 4) is 0 Å². The zero-order valence-corrected chi connectivity index (χ0v) is 11.7. The minimum Gasteiger partial charge on any atom is -0.334 e. The second-order valence-electron chi connectivity index (χ2n) is 7.11. The van der Waals surface area contributed by atoms with E-state index in [0.29, 0.717) is 6.54 Å². The van der Waals surface area contributed by atoms with Gasteiger partial charge in [0.1, 0.15) is 0 Å². The van der Waals surface area contributed by atoms with Crippen molar-refractivity contribution in [2.45, 2.75) is 50.6 Å². The van der Waals surface area contributed by atoms with E-state index in [0.717, 1.165) is 23.3 Å². The number of carbonyl (C=O) groups is 1. The van der Waals surface area contributed by atoms with Gasteiger partial charge in [0.15, 0.2) is 0 Å².